The summed E-state index contributed by atoms with van der Waals surface area (Å²) in [5.41, 5.74) is 1.51. The maximum atomic E-state index is 12.3. The molecule has 0 fully saturated rings. The Kier molecular flexibility index (Phi) is 4.91. The van der Waals surface area contributed by atoms with E-state index in [0.29, 0.717) is 46.2 Å². The van der Waals surface area contributed by atoms with Crippen LogP contribution in [-0.2, 0) is 11.2 Å². The van der Waals surface area contributed by atoms with Gasteiger partial charge in [-0.25, -0.2) is 4.98 Å². The number of carbonyl (C=O) groups is 4. The maximum Gasteiger partial charge on any atom is 0.263 e. The molecular formula is C19H18N4O4S. The van der Waals surface area contributed by atoms with E-state index >= 15 is 0 Å². The Morgan fingerprint density at radius 2 is 1.89 bits per heavy atom. The van der Waals surface area contributed by atoms with E-state index in [-0.39, 0.29) is 36.6 Å². The topological polar surface area (TPSA) is 108 Å². The van der Waals surface area contributed by atoms with Gasteiger partial charge >= 0.3 is 0 Å². The molecule has 144 valence electrons. The van der Waals surface area contributed by atoms with E-state index in [9.17, 15) is 19.2 Å². The van der Waals surface area contributed by atoms with Gasteiger partial charge in [0.15, 0.2) is 5.13 Å². The second kappa shape index (κ2) is 7.51. The van der Waals surface area contributed by atoms with Crippen molar-refractivity contribution in [1.29, 1.82) is 0 Å². The minimum atomic E-state index is -0.323. The van der Waals surface area contributed by atoms with Crippen LogP contribution in [0.5, 0.6) is 0 Å². The Labute approximate surface area is 164 Å². The van der Waals surface area contributed by atoms with Crippen LogP contribution < -0.4 is 10.6 Å². The van der Waals surface area contributed by atoms with Gasteiger partial charge in [-0.15, -0.1) is 0 Å². The maximum absolute atomic E-state index is 12.3. The molecular weight excluding hydrogens is 380 g/mol. The highest BCUT2D eigenvalue weighted by atomic mass is 32.1. The van der Waals surface area contributed by atoms with Crippen molar-refractivity contribution in [3.63, 3.8) is 0 Å². The number of hydrogen-bond donors (Lipinski definition) is 2. The number of nitrogens with zero attached hydrogens (tertiary/aromatic N) is 2. The number of benzene rings is 1. The molecule has 0 saturated carbocycles. The first kappa shape index (κ1) is 18.3. The fraction of sp³-hybridized carbons (Fsp3) is 0.316. The largest absolute Gasteiger partial charge is 0.351 e. The van der Waals surface area contributed by atoms with E-state index in [1.165, 1.54) is 4.90 Å². The number of hydrogen-bond acceptors (Lipinski definition) is 6. The van der Waals surface area contributed by atoms with Crippen LogP contribution in [0.25, 0.3) is 0 Å². The molecule has 2 aliphatic rings. The summed E-state index contributed by atoms with van der Waals surface area (Å²) >= 11 is 1.16. The highest BCUT2D eigenvalue weighted by molar-refractivity contribution is 7.17. The van der Waals surface area contributed by atoms with Crippen molar-refractivity contribution in [1.82, 2.24) is 15.2 Å². The monoisotopic (exact) mass is 398 g/mol. The highest BCUT2D eigenvalue weighted by Gasteiger charge is 2.34. The van der Waals surface area contributed by atoms with Gasteiger partial charge in [-0.3, -0.25) is 24.1 Å². The van der Waals surface area contributed by atoms with E-state index < -0.39 is 0 Å². The number of nitrogens with one attached hydrogen (secondary N) is 2. The quantitative estimate of drug-likeness (QED) is 0.747. The molecule has 1 aromatic heterocycles. The number of rotatable bonds is 5. The summed E-state index contributed by atoms with van der Waals surface area (Å²) < 4.78 is 0. The molecule has 0 spiro atoms. The Hall–Kier alpha value is -3.07. The molecule has 0 aliphatic carbocycles. The summed E-state index contributed by atoms with van der Waals surface area (Å²) in [4.78, 5) is 54.8. The van der Waals surface area contributed by atoms with Gasteiger partial charge in [0.25, 0.3) is 17.7 Å². The van der Waals surface area contributed by atoms with Crippen LogP contribution in [0.15, 0.2) is 24.3 Å². The predicted octanol–water partition coefficient (Wildman–Crippen LogP) is 1.83. The third-order valence-corrected chi connectivity index (χ3v) is 5.70. The summed E-state index contributed by atoms with van der Waals surface area (Å²) in [6, 6.07) is 6.70. The molecule has 3 heterocycles. The van der Waals surface area contributed by atoms with Crippen LogP contribution in [0.3, 0.4) is 0 Å². The molecule has 9 heteroatoms. The predicted molar refractivity (Wildman–Crippen MR) is 102 cm³/mol. The minimum Gasteiger partial charge on any atom is -0.351 e. The van der Waals surface area contributed by atoms with Crippen molar-refractivity contribution in [3.8, 4) is 0 Å². The van der Waals surface area contributed by atoms with Crippen LogP contribution in [0, 0.1) is 0 Å². The third-order valence-electron chi connectivity index (χ3n) is 4.69. The molecule has 4 amide bonds. The number of fused-ring (bicyclic) bond motifs is 2. The number of thiazole rings is 1. The van der Waals surface area contributed by atoms with Crippen LogP contribution >= 0.6 is 11.3 Å². The first-order valence-corrected chi connectivity index (χ1v) is 9.89. The summed E-state index contributed by atoms with van der Waals surface area (Å²) in [5.74, 6) is -1.07. The normalized spacial score (nSPS) is 15.7. The number of aryl methyl sites for hydroxylation is 1. The number of amides is 4. The Morgan fingerprint density at radius 3 is 2.61 bits per heavy atom. The lowest BCUT2D eigenvalue weighted by molar-refractivity contribution is -0.116. The average Bonchev–Trinajstić information content (AvgIpc) is 3.13. The Bertz CT molecular complexity index is 949. The molecule has 0 unspecified atom stereocenters. The summed E-state index contributed by atoms with van der Waals surface area (Å²) in [7, 11) is 0. The minimum absolute atomic E-state index is 0.143. The van der Waals surface area contributed by atoms with Gasteiger partial charge in [-0.2, -0.15) is 0 Å². The van der Waals surface area contributed by atoms with Gasteiger partial charge < -0.3 is 10.6 Å². The Balaban J connectivity index is 1.31. The lowest BCUT2D eigenvalue weighted by atomic mass is 10.1. The van der Waals surface area contributed by atoms with Gasteiger partial charge in [0.2, 0.25) is 5.91 Å². The van der Waals surface area contributed by atoms with Gasteiger partial charge in [0, 0.05) is 19.5 Å². The van der Waals surface area contributed by atoms with Crippen molar-refractivity contribution in [3.05, 3.63) is 46.0 Å². The zero-order valence-corrected chi connectivity index (χ0v) is 15.8. The van der Waals surface area contributed by atoms with Crippen molar-refractivity contribution < 1.29 is 19.2 Å². The number of imide groups is 1. The molecule has 0 radical (unpaired) electrons. The molecule has 2 aromatic rings. The van der Waals surface area contributed by atoms with Crippen LogP contribution in [0.1, 0.15) is 55.3 Å². The van der Waals surface area contributed by atoms with Crippen LogP contribution in [0.4, 0.5) is 5.13 Å². The fourth-order valence-corrected chi connectivity index (χ4v) is 4.26. The molecule has 0 atom stereocenters. The lowest BCUT2D eigenvalue weighted by Crippen LogP contribution is -2.31. The van der Waals surface area contributed by atoms with Crippen molar-refractivity contribution >= 4 is 40.1 Å². The fourth-order valence-electron chi connectivity index (χ4n) is 3.31. The number of anilines is 1. The van der Waals surface area contributed by atoms with Gasteiger partial charge in [-0.05, 0) is 31.4 Å². The summed E-state index contributed by atoms with van der Waals surface area (Å²) in [5, 5.41) is 5.90. The SMILES string of the molecule is O=C(CCCN1C(=O)c2ccccc2C1=O)Nc1nc2c(s1)C(=O)NCCC2. The van der Waals surface area contributed by atoms with Crippen LogP contribution in [0.2, 0.25) is 0 Å². The first-order chi connectivity index (χ1) is 13.5. The van der Waals surface area contributed by atoms with E-state index in [1.54, 1.807) is 24.3 Å². The lowest BCUT2D eigenvalue weighted by Gasteiger charge is -2.13. The molecule has 4 rings (SSSR count). The van der Waals surface area contributed by atoms with Crippen LogP contribution in [-0.4, -0.2) is 46.6 Å². The van der Waals surface area contributed by atoms with Gasteiger partial charge in [0.1, 0.15) is 4.88 Å². The molecule has 0 saturated heterocycles. The molecule has 1 aromatic carbocycles. The highest BCUT2D eigenvalue weighted by Crippen LogP contribution is 2.26. The molecule has 28 heavy (non-hydrogen) atoms. The third kappa shape index (κ3) is 3.40. The molecule has 2 aliphatic heterocycles. The van der Waals surface area contributed by atoms with Crippen molar-refractivity contribution in [2.75, 3.05) is 18.4 Å². The van der Waals surface area contributed by atoms with E-state index in [0.717, 1.165) is 17.8 Å². The Morgan fingerprint density at radius 1 is 1.18 bits per heavy atom. The first-order valence-electron chi connectivity index (χ1n) is 9.07. The van der Waals surface area contributed by atoms with E-state index in [2.05, 4.69) is 15.6 Å². The standard InChI is InChI=1S/C19H18N4O4S/c24-14(22-19-21-13-7-3-9-20-16(25)15(13)28-19)8-4-10-23-17(26)11-5-1-2-6-12(11)18(23)27/h1-2,5-6H,3-4,7-10H2,(H,20,25)(H,21,22,24). The zero-order chi connectivity index (χ0) is 19.7. The molecule has 8 nitrogen and oxygen atoms in total. The zero-order valence-electron chi connectivity index (χ0n) is 15.0. The average molecular weight is 398 g/mol. The van der Waals surface area contributed by atoms with Crippen molar-refractivity contribution in [2.24, 2.45) is 0 Å². The smallest absolute Gasteiger partial charge is 0.263 e. The second-order valence-corrected chi connectivity index (χ2v) is 7.61. The van der Waals surface area contributed by atoms with Gasteiger partial charge in [-0.1, -0.05) is 23.5 Å². The number of carbonyl (C=O) groups excluding carboxylic acids is 4. The van der Waals surface area contributed by atoms with Gasteiger partial charge in [0.05, 0.1) is 16.8 Å². The summed E-state index contributed by atoms with van der Waals surface area (Å²) in [6.45, 7) is 0.804. The molecule has 2 N–H and O–H groups in total. The second-order valence-electron chi connectivity index (χ2n) is 6.61. The number of aromatic nitrogens is 1. The van der Waals surface area contributed by atoms with E-state index in [1.807, 2.05) is 0 Å². The van der Waals surface area contributed by atoms with E-state index in [4.69, 9.17) is 0 Å². The summed E-state index contributed by atoms with van der Waals surface area (Å²) in [6.07, 6.45) is 2.00. The molecule has 0 bridgehead atoms. The van der Waals surface area contributed by atoms with Crippen molar-refractivity contribution in [2.45, 2.75) is 25.7 Å².